The lowest BCUT2D eigenvalue weighted by molar-refractivity contribution is -0.111. The van der Waals surface area contributed by atoms with E-state index in [0.717, 1.165) is 17.7 Å². The molecule has 0 spiro atoms. The van der Waals surface area contributed by atoms with E-state index in [0.29, 0.717) is 37.0 Å². The van der Waals surface area contributed by atoms with Crippen molar-refractivity contribution in [2.24, 2.45) is 0 Å². The van der Waals surface area contributed by atoms with Crippen LogP contribution in [0.3, 0.4) is 0 Å². The molecule has 3 rings (SSSR count). The van der Waals surface area contributed by atoms with Crippen LogP contribution in [-0.2, 0) is 4.79 Å². The molecule has 2 aromatic carbocycles. The summed E-state index contributed by atoms with van der Waals surface area (Å²) < 4.78 is 16.5. The topological polar surface area (TPSA) is 56.8 Å². The molecule has 2 aromatic rings. The van der Waals surface area contributed by atoms with Crippen LogP contribution >= 0.6 is 0 Å². The Morgan fingerprint density at radius 2 is 1.88 bits per heavy atom. The molecule has 0 saturated heterocycles. The molecule has 1 N–H and O–H groups in total. The van der Waals surface area contributed by atoms with Crippen molar-refractivity contribution in [2.45, 2.75) is 13.3 Å². The molecular formula is C20H21NO4. The van der Waals surface area contributed by atoms with E-state index in [-0.39, 0.29) is 5.91 Å². The van der Waals surface area contributed by atoms with Crippen molar-refractivity contribution in [1.82, 2.24) is 0 Å². The molecule has 0 aromatic heterocycles. The minimum atomic E-state index is -0.206. The van der Waals surface area contributed by atoms with Crippen LogP contribution in [0.2, 0.25) is 0 Å². The number of carbonyl (C=O) groups excluding carboxylic acids is 1. The summed E-state index contributed by atoms with van der Waals surface area (Å²) in [5, 5.41) is 2.82. The van der Waals surface area contributed by atoms with Gasteiger partial charge >= 0.3 is 0 Å². The van der Waals surface area contributed by atoms with Crippen molar-refractivity contribution in [3.05, 3.63) is 54.1 Å². The molecule has 0 saturated carbocycles. The lowest BCUT2D eigenvalue weighted by Gasteiger charge is -2.18. The van der Waals surface area contributed by atoms with E-state index in [1.807, 2.05) is 24.3 Å². The van der Waals surface area contributed by atoms with Gasteiger partial charge in [0.2, 0.25) is 5.91 Å². The van der Waals surface area contributed by atoms with Crippen LogP contribution in [-0.4, -0.2) is 25.7 Å². The Morgan fingerprint density at radius 1 is 1.12 bits per heavy atom. The number of fused-ring (bicyclic) bond motifs is 1. The molecule has 0 aliphatic carbocycles. The van der Waals surface area contributed by atoms with Crippen molar-refractivity contribution >= 4 is 17.7 Å². The van der Waals surface area contributed by atoms with Gasteiger partial charge in [-0.1, -0.05) is 19.1 Å². The Balaban J connectivity index is 1.57. The van der Waals surface area contributed by atoms with Crippen LogP contribution < -0.4 is 19.5 Å². The molecule has 0 atom stereocenters. The summed E-state index contributed by atoms with van der Waals surface area (Å²) in [6.45, 7) is 3.83. The van der Waals surface area contributed by atoms with Gasteiger partial charge in [-0.15, -0.1) is 0 Å². The van der Waals surface area contributed by atoms with Crippen molar-refractivity contribution < 1.29 is 19.0 Å². The number of hydrogen-bond donors (Lipinski definition) is 1. The second-order valence-electron chi connectivity index (χ2n) is 5.60. The number of nitrogens with one attached hydrogen (secondary N) is 1. The summed E-state index contributed by atoms with van der Waals surface area (Å²) in [7, 11) is 0. The van der Waals surface area contributed by atoms with Gasteiger partial charge in [0.1, 0.15) is 19.0 Å². The van der Waals surface area contributed by atoms with E-state index in [9.17, 15) is 4.79 Å². The second-order valence-corrected chi connectivity index (χ2v) is 5.60. The first-order valence-corrected chi connectivity index (χ1v) is 8.36. The first-order valence-electron chi connectivity index (χ1n) is 8.36. The van der Waals surface area contributed by atoms with Crippen molar-refractivity contribution in [3.8, 4) is 17.2 Å². The molecule has 0 bridgehead atoms. The third kappa shape index (κ3) is 4.76. The summed E-state index contributed by atoms with van der Waals surface area (Å²) in [4.78, 5) is 12.1. The Hall–Kier alpha value is -2.95. The summed E-state index contributed by atoms with van der Waals surface area (Å²) in [6.07, 6.45) is 4.23. The first kappa shape index (κ1) is 16.9. The van der Waals surface area contributed by atoms with Gasteiger partial charge in [-0.05, 0) is 42.3 Å². The molecule has 5 heteroatoms. The van der Waals surface area contributed by atoms with Crippen LogP contribution in [0, 0.1) is 0 Å². The number of carbonyl (C=O) groups is 1. The van der Waals surface area contributed by atoms with E-state index in [1.165, 1.54) is 6.08 Å². The van der Waals surface area contributed by atoms with Gasteiger partial charge in [-0.2, -0.15) is 0 Å². The highest BCUT2D eigenvalue weighted by Crippen LogP contribution is 2.32. The smallest absolute Gasteiger partial charge is 0.248 e. The number of hydrogen-bond acceptors (Lipinski definition) is 4. The average Bonchev–Trinajstić information content (AvgIpc) is 2.65. The predicted molar refractivity (Wildman–Crippen MR) is 97.3 cm³/mol. The number of rotatable bonds is 6. The number of ether oxygens (including phenoxy) is 3. The number of anilines is 1. The largest absolute Gasteiger partial charge is 0.494 e. The van der Waals surface area contributed by atoms with Gasteiger partial charge in [-0.25, -0.2) is 0 Å². The zero-order valence-corrected chi connectivity index (χ0v) is 14.2. The van der Waals surface area contributed by atoms with Gasteiger partial charge in [-0.3, -0.25) is 4.79 Å². The summed E-state index contributed by atoms with van der Waals surface area (Å²) in [6, 6.07) is 13.0. The van der Waals surface area contributed by atoms with E-state index in [4.69, 9.17) is 14.2 Å². The van der Waals surface area contributed by atoms with E-state index >= 15 is 0 Å². The van der Waals surface area contributed by atoms with Crippen molar-refractivity contribution in [2.75, 3.05) is 25.1 Å². The quantitative estimate of drug-likeness (QED) is 0.811. The Morgan fingerprint density at radius 3 is 2.64 bits per heavy atom. The fourth-order valence-corrected chi connectivity index (χ4v) is 2.37. The van der Waals surface area contributed by atoms with Crippen LogP contribution in [0.15, 0.2) is 48.5 Å². The molecule has 1 amide bonds. The van der Waals surface area contributed by atoms with Gasteiger partial charge < -0.3 is 19.5 Å². The highest BCUT2D eigenvalue weighted by Gasteiger charge is 2.12. The standard InChI is InChI=1S/C20H21NO4/c1-2-11-23-17-7-3-15(4-8-17)5-10-20(22)21-16-6-9-18-19(14-16)25-13-12-24-18/h3-10,14H,2,11-13H2,1H3,(H,21,22)/b10-5+. The predicted octanol–water partition coefficient (Wildman–Crippen LogP) is 3.90. The van der Waals surface area contributed by atoms with Gasteiger partial charge in [0.05, 0.1) is 6.61 Å². The molecule has 0 radical (unpaired) electrons. The molecule has 130 valence electrons. The maximum Gasteiger partial charge on any atom is 0.248 e. The van der Waals surface area contributed by atoms with Crippen molar-refractivity contribution in [1.29, 1.82) is 0 Å². The molecule has 25 heavy (non-hydrogen) atoms. The second kappa shape index (κ2) is 8.24. The Bertz CT molecular complexity index is 753. The zero-order valence-electron chi connectivity index (χ0n) is 14.2. The lowest BCUT2D eigenvalue weighted by Crippen LogP contribution is -2.16. The van der Waals surface area contributed by atoms with Gasteiger partial charge in [0.15, 0.2) is 11.5 Å². The highest BCUT2D eigenvalue weighted by molar-refractivity contribution is 6.02. The van der Waals surface area contributed by atoms with Crippen LogP contribution in [0.5, 0.6) is 17.2 Å². The average molecular weight is 339 g/mol. The number of amides is 1. The SMILES string of the molecule is CCCOc1ccc(/C=C/C(=O)Nc2ccc3c(c2)OCCO3)cc1. The Labute approximate surface area is 147 Å². The molecule has 0 fully saturated rings. The zero-order chi connectivity index (χ0) is 17.5. The van der Waals surface area contributed by atoms with E-state index in [1.54, 1.807) is 24.3 Å². The Kier molecular flexibility index (Phi) is 5.57. The highest BCUT2D eigenvalue weighted by atomic mass is 16.6. The van der Waals surface area contributed by atoms with Crippen LogP contribution in [0.1, 0.15) is 18.9 Å². The summed E-state index contributed by atoms with van der Waals surface area (Å²) >= 11 is 0. The minimum absolute atomic E-state index is 0.206. The fraction of sp³-hybridized carbons (Fsp3) is 0.250. The minimum Gasteiger partial charge on any atom is -0.494 e. The third-order valence-corrected chi connectivity index (χ3v) is 3.59. The maximum absolute atomic E-state index is 12.1. The van der Waals surface area contributed by atoms with E-state index < -0.39 is 0 Å². The lowest BCUT2D eigenvalue weighted by atomic mass is 10.2. The number of benzene rings is 2. The molecule has 1 aliphatic heterocycles. The fourth-order valence-electron chi connectivity index (χ4n) is 2.37. The molecule has 5 nitrogen and oxygen atoms in total. The normalized spacial score (nSPS) is 12.8. The van der Waals surface area contributed by atoms with Crippen LogP contribution in [0.4, 0.5) is 5.69 Å². The molecule has 1 aliphatic rings. The van der Waals surface area contributed by atoms with Crippen molar-refractivity contribution in [3.63, 3.8) is 0 Å². The van der Waals surface area contributed by atoms with E-state index in [2.05, 4.69) is 12.2 Å². The third-order valence-electron chi connectivity index (χ3n) is 3.59. The first-order chi connectivity index (χ1) is 12.2. The summed E-state index contributed by atoms with van der Waals surface area (Å²) in [5.41, 5.74) is 1.60. The maximum atomic E-state index is 12.1. The van der Waals surface area contributed by atoms with Gasteiger partial charge in [0.25, 0.3) is 0 Å². The monoisotopic (exact) mass is 339 g/mol. The molecule has 0 unspecified atom stereocenters. The van der Waals surface area contributed by atoms with Gasteiger partial charge in [0, 0.05) is 17.8 Å². The summed E-state index contributed by atoms with van der Waals surface area (Å²) in [5.74, 6) is 1.98. The van der Waals surface area contributed by atoms with Crippen LogP contribution in [0.25, 0.3) is 6.08 Å². The molecule has 1 heterocycles. The molecular weight excluding hydrogens is 318 g/mol.